The van der Waals surface area contributed by atoms with E-state index in [-0.39, 0.29) is 30.1 Å². The summed E-state index contributed by atoms with van der Waals surface area (Å²) in [4.78, 5) is 48.9. The first-order valence-corrected chi connectivity index (χ1v) is 10.3. The lowest BCUT2D eigenvalue weighted by atomic mass is 10.1. The van der Waals surface area contributed by atoms with Gasteiger partial charge in [-0.2, -0.15) is 16.4 Å². The summed E-state index contributed by atoms with van der Waals surface area (Å²) in [5, 5.41) is 11.1. The van der Waals surface area contributed by atoms with Crippen LogP contribution >= 0.6 is 11.3 Å². The van der Waals surface area contributed by atoms with Gasteiger partial charge in [-0.15, -0.1) is 0 Å². The van der Waals surface area contributed by atoms with Gasteiger partial charge in [-0.1, -0.05) is 25.1 Å². The largest absolute Gasteiger partial charge is 0.351 e. The van der Waals surface area contributed by atoms with Crippen LogP contribution in [0.15, 0.2) is 45.9 Å². The highest BCUT2D eigenvalue weighted by atomic mass is 32.1. The Morgan fingerprint density at radius 3 is 2.53 bits per heavy atom. The van der Waals surface area contributed by atoms with Crippen LogP contribution in [0.4, 0.5) is 0 Å². The van der Waals surface area contributed by atoms with Gasteiger partial charge in [-0.05, 0) is 23.9 Å². The number of fused-ring (bicyclic) bond motifs is 1. The molecule has 3 aromatic rings. The third-order valence-corrected chi connectivity index (χ3v) is 4.94. The summed E-state index contributed by atoms with van der Waals surface area (Å²) in [6.45, 7) is 2.40. The molecule has 0 radical (unpaired) electrons. The maximum Gasteiger partial charge on any atom is 0.290 e. The van der Waals surface area contributed by atoms with Crippen LogP contribution in [0, 0.1) is 0 Å². The van der Waals surface area contributed by atoms with Crippen molar-refractivity contribution in [2.45, 2.75) is 26.3 Å². The summed E-state index contributed by atoms with van der Waals surface area (Å²) < 4.78 is 1.25. The molecule has 10 heteroatoms. The Morgan fingerprint density at radius 1 is 1.07 bits per heavy atom. The average Bonchev–Trinajstić information content (AvgIpc) is 3.29. The number of hydrogen-bond acceptors (Lipinski definition) is 6. The smallest absolute Gasteiger partial charge is 0.290 e. The minimum atomic E-state index is -0.633. The number of rotatable bonds is 7. The van der Waals surface area contributed by atoms with Crippen molar-refractivity contribution >= 4 is 39.8 Å². The zero-order chi connectivity index (χ0) is 21.5. The zero-order valence-electron chi connectivity index (χ0n) is 16.3. The van der Waals surface area contributed by atoms with Crippen LogP contribution in [-0.4, -0.2) is 34.0 Å². The Balaban J connectivity index is 1.61. The lowest BCUT2D eigenvalue weighted by Crippen LogP contribution is -2.43. The molecule has 1 aromatic carbocycles. The van der Waals surface area contributed by atoms with Gasteiger partial charge in [0.25, 0.3) is 17.4 Å². The highest BCUT2D eigenvalue weighted by molar-refractivity contribution is 7.08. The minimum Gasteiger partial charge on any atom is -0.351 e. The maximum atomic E-state index is 12.6. The lowest BCUT2D eigenvalue weighted by Gasteiger charge is -2.11. The van der Waals surface area contributed by atoms with Gasteiger partial charge in [-0.3, -0.25) is 30.0 Å². The number of carbonyl (C=O) groups is 3. The summed E-state index contributed by atoms with van der Waals surface area (Å²) in [7, 11) is 0. The van der Waals surface area contributed by atoms with E-state index in [0.717, 1.165) is 0 Å². The van der Waals surface area contributed by atoms with E-state index >= 15 is 0 Å². The quantitative estimate of drug-likeness (QED) is 0.493. The topological polar surface area (TPSA) is 122 Å². The molecule has 0 fully saturated rings. The third kappa shape index (κ3) is 4.90. The predicted molar refractivity (Wildman–Crippen MR) is 113 cm³/mol. The Hall–Kier alpha value is -3.53. The van der Waals surface area contributed by atoms with Crippen LogP contribution < -0.4 is 21.7 Å². The van der Waals surface area contributed by atoms with Gasteiger partial charge in [-0.25, -0.2) is 4.68 Å². The summed E-state index contributed by atoms with van der Waals surface area (Å²) in [5.41, 5.74) is 4.94. The average molecular weight is 427 g/mol. The van der Waals surface area contributed by atoms with Crippen molar-refractivity contribution < 1.29 is 14.4 Å². The Kier molecular flexibility index (Phi) is 6.91. The highest BCUT2D eigenvalue weighted by Crippen LogP contribution is 2.13. The monoisotopic (exact) mass is 427 g/mol. The number of benzene rings is 1. The van der Waals surface area contributed by atoms with E-state index in [9.17, 15) is 19.2 Å². The molecule has 0 atom stereocenters. The summed E-state index contributed by atoms with van der Waals surface area (Å²) >= 11 is 1.41. The first-order chi connectivity index (χ1) is 14.5. The number of hydrazine groups is 1. The lowest BCUT2D eigenvalue weighted by molar-refractivity contribution is -0.121. The Labute approximate surface area is 176 Å². The third-order valence-electron chi connectivity index (χ3n) is 4.25. The molecule has 0 unspecified atom stereocenters. The molecule has 3 amide bonds. The second kappa shape index (κ2) is 9.79. The van der Waals surface area contributed by atoms with Crippen molar-refractivity contribution in [3.63, 3.8) is 0 Å². The minimum absolute atomic E-state index is 0.0142. The van der Waals surface area contributed by atoms with E-state index in [2.05, 4.69) is 21.3 Å². The van der Waals surface area contributed by atoms with Gasteiger partial charge in [0.2, 0.25) is 5.91 Å². The molecule has 2 heterocycles. The van der Waals surface area contributed by atoms with E-state index in [0.29, 0.717) is 29.3 Å². The van der Waals surface area contributed by atoms with Crippen molar-refractivity contribution in [3.05, 3.63) is 62.7 Å². The SMILES string of the molecule is CCCn1nc(C(=O)NNC(=O)CCNC(=O)c2ccsc2)c2ccccc2c1=O. The van der Waals surface area contributed by atoms with Crippen molar-refractivity contribution in [1.29, 1.82) is 0 Å². The summed E-state index contributed by atoms with van der Waals surface area (Å²) in [5.74, 6) is -1.37. The van der Waals surface area contributed by atoms with E-state index in [1.54, 1.807) is 41.1 Å². The van der Waals surface area contributed by atoms with Gasteiger partial charge >= 0.3 is 0 Å². The number of nitrogens with zero attached hydrogens (tertiary/aromatic N) is 2. The normalized spacial score (nSPS) is 10.6. The van der Waals surface area contributed by atoms with Gasteiger partial charge in [0, 0.05) is 35.8 Å². The molecule has 0 bridgehead atoms. The summed E-state index contributed by atoms with van der Waals surface area (Å²) in [6, 6.07) is 8.39. The molecule has 3 N–H and O–H groups in total. The van der Waals surface area contributed by atoms with Crippen LogP contribution in [0.1, 0.15) is 40.6 Å². The van der Waals surface area contributed by atoms with E-state index < -0.39 is 11.8 Å². The molecule has 0 saturated heterocycles. The van der Waals surface area contributed by atoms with Crippen LogP contribution in [0.25, 0.3) is 10.8 Å². The molecule has 0 spiro atoms. The number of hydrogen-bond donors (Lipinski definition) is 3. The van der Waals surface area contributed by atoms with E-state index in [4.69, 9.17) is 0 Å². The van der Waals surface area contributed by atoms with Crippen molar-refractivity contribution in [1.82, 2.24) is 25.9 Å². The molecule has 156 valence electrons. The fourth-order valence-corrected chi connectivity index (χ4v) is 3.44. The Morgan fingerprint density at radius 2 is 1.83 bits per heavy atom. The number of carbonyl (C=O) groups excluding carboxylic acids is 3. The van der Waals surface area contributed by atoms with Gasteiger partial charge in [0.1, 0.15) is 0 Å². The van der Waals surface area contributed by atoms with Crippen LogP contribution in [0.5, 0.6) is 0 Å². The van der Waals surface area contributed by atoms with Gasteiger partial charge in [0.05, 0.1) is 5.39 Å². The van der Waals surface area contributed by atoms with Crippen LogP contribution in [0.2, 0.25) is 0 Å². The number of aromatic nitrogens is 2. The zero-order valence-corrected chi connectivity index (χ0v) is 17.1. The molecule has 0 aliphatic heterocycles. The number of amides is 3. The fraction of sp³-hybridized carbons (Fsp3) is 0.250. The highest BCUT2D eigenvalue weighted by Gasteiger charge is 2.17. The molecule has 0 aliphatic carbocycles. The molecule has 0 saturated carbocycles. The van der Waals surface area contributed by atoms with Gasteiger partial charge in [0.15, 0.2) is 5.69 Å². The number of thiophene rings is 1. The standard InChI is InChI=1S/C20H21N5O4S/c1-2-10-25-20(29)15-6-4-3-5-14(15)17(24-25)19(28)23-22-16(26)7-9-21-18(27)13-8-11-30-12-13/h3-6,8,11-12H,2,7,9-10H2,1H3,(H,21,27)(H,22,26)(H,23,28). The Bertz CT molecular complexity index is 1120. The second-order valence-corrected chi connectivity index (χ2v) is 7.22. The van der Waals surface area contributed by atoms with Gasteiger partial charge < -0.3 is 5.32 Å². The molecule has 0 aliphatic rings. The maximum absolute atomic E-state index is 12.6. The molecule has 2 aromatic heterocycles. The van der Waals surface area contributed by atoms with Crippen molar-refractivity contribution in [2.24, 2.45) is 0 Å². The molecular weight excluding hydrogens is 406 g/mol. The summed E-state index contributed by atoms with van der Waals surface area (Å²) in [6.07, 6.45) is 0.666. The predicted octanol–water partition coefficient (Wildman–Crippen LogP) is 1.45. The van der Waals surface area contributed by atoms with E-state index in [1.165, 1.54) is 16.0 Å². The number of aryl methyl sites for hydroxylation is 1. The molecule has 9 nitrogen and oxygen atoms in total. The van der Waals surface area contributed by atoms with Crippen LogP contribution in [0.3, 0.4) is 0 Å². The molecule has 30 heavy (non-hydrogen) atoms. The van der Waals surface area contributed by atoms with Crippen molar-refractivity contribution in [2.75, 3.05) is 6.54 Å². The first kappa shape index (κ1) is 21.2. The van der Waals surface area contributed by atoms with E-state index in [1.807, 2.05) is 6.92 Å². The fourth-order valence-electron chi connectivity index (χ4n) is 2.80. The first-order valence-electron chi connectivity index (χ1n) is 9.40. The molecule has 3 rings (SSSR count). The number of nitrogens with one attached hydrogen (secondary N) is 3. The van der Waals surface area contributed by atoms with Crippen LogP contribution in [-0.2, 0) is 11.3 Å². The molecular formula is C20H21N5O4S. The second-order valence-electron chi connectivity index (χ2n) is 6.44. The van der Waals surface area contributed by atoms with Crippen molar-refractivity contribution in [3.8, 4) is 0 Å².